The minimum absolute atomic E-state index is 0.0895. The second kappa shape index (κ2) is 11.6. The van der Waals surface area contributed by atoms with Gasteiger partial charge in [-0.05, 0) is 47.0 Å². The number of rotatable bonds is 7. The van der Waals surface area contributed by atoms with Gasteiger partial charge in [0.15, 0.2) is 0 Å². The van der Waals surface area contributed by atoms with E-state index in [-0.39, 0.29) is 17.9 Å². The van der Waals surface area contributed by atoms with E-state index in [4.69, 9.17) is 9.47 Å². The summed E-state index contributed by atoms with van der Waals surface area (Å²) in [6, 6.07) is 1.66. The topological polar surface area (TPSA) is 102 Å². The Morgan fingerprint density at radius 3 is 2.62 bits per heavy atom. The number of allylic oxidation sites excluding steroid dienone is 4. The van der Waals surface area contributed by atoms with Crippen LogP contribution in [0.5, 0.6) is 0 Å². The van der Waals surface area contributed by atoms with Crippen LogP contribution in [0.1, 0.15) is 72.4 Å². The fourth-order valence-corrected chi connectivity index (χ4v) is 3.77. The number of hydrogen-bond acceptors (Lipinski definition) is 6. The number of methoxy groups -OCH3 is 1. The van der Waals surface area contributed by atoms with Gasteiger partial charge in [-0.25, -0.2) is 14.8 Å². The average Bonchev–Trinajstić information content (AvgIpc) is 2.73. The summed E-state index contributed by atoms with van der Waals surface area (Å²) in [6.07, 6.45) is 8.58. The lowest BCUT2D eigenvalue weighted by molar-refractivity contribution is -0.121. The van der Waals surface area contributed by atoms with Crippen LogP contribution in [-0.4, -0.2) is 40.7 Å². The number of aromatic nitrogens is 2. The molecule has 1 aromatic heterocycles. The van der Waals surface area contributed by atoms with Gasteiger partial charge in [0, 0.05) is 30.0 Å². The van der Waals surface area contributed by atoms with E-state index < -0.39 is 11.7 Å². The summed E-state index contributed by atoms with van der Waals surface area (Å²) in [7, 11) is 1.64. The van der Waals surface area contributed by atoms with Gasteiger partial charge < -0.3 is 20.1 Å². The van der Waals surface area contributed by atoms with Crippen LogP contribution in [0.3, 0.4) is 0 Å². The molecule has 0 bridgehead atoms. The summed E-state index contributed by atoms with van der Waals surface area (Å²) in [4.78, 5) is 33.6. The number of alkyl carbamates (subject to hydrolysis) is 1. The maximum absolute atomic E-state index is 12.9. The minimum Gasteiger partial charge on any atom is -0.500 e. The molecule has 1 heterocycles. The Bertz CT molecular complexity index is 852. The molecular formula is C24H36N4O4. The van der Waals surface area contributed by atoms with E-state index in [1.165, 1.54) is 6.33 Å². The van der Waals surface area contributed by atoms with Crippen LogP contribution in [0.4, 0.5) is 10.6 Å². The van der Waals surface area contributed by atoms with Crippen molar-refractivity contribution in [3.8, 4) is 0 Å². The Morgan fingerprint density at radius 2 is 2.00 bits per heavy atom. The molecule has 0 saturated heterocycles. The van der Waals surface area contributed by atoms with Gasteiger partial charge in [0.05, 0.1) is 12.8 Å². The van der Waals surface area contributed by atoms with E-state index in [0.29, 0.717) is 17.9 Å². The SMILES string of the molecule is C/C=C\C(=C(/CC)OC)c1cc(NC(=O)C2CCCC(NC(=O)OC(C)(C)C)C2)ncn1. The highest BCUT2D eigenvalue weighted by atomic mass is 16.6. The van der Waals surface area contributed by atoms with Crippen molar-refractivity contribution >= 4 is 23.4 Å². The zero-order valence-electron chi connectivity index (χ0n) is 20.0. The van der Waals surface area contributed by atoms with E-state index in [2.05, 4.69) is 20.6 Å². The van der Waals surface area contributed by atoms with Crippen molar-refractivity contribution in [2.45, 2.75) is 78.4 Å². The normalized spacial score (nSPS) is 19.8. The monoisotopic (exact) mass is 444 g/mol. The van der Waals surface area contributed by atoms with Crippen LogP contribution >= 0.6 is 0 Å². The first-order valence-corrected chi connectivity index (χ1v) is 11.2. The molecule has 0 aliphatic heterocycles. The number of amides is 2. The van der Waals surface area contributed by atoms with Gasteiger partial charge in [0.2, 0.25) is 5.91 Å². The lowest BCUT2D eigenvalue weighted by atomic mass is 9.85. The van der Waals surface area contributed by atoms with Crippen molar-refractivity contribution in [1.29, 1.82) is 0 Å². The van der Waals surface area contributed by atoms with Crippen LogP contribution in [0.15, 0.2) is 30.3 Å². The summed E-state index contributed by atoms with van der Waals surface area (Å²) in [5.74, 6) is 0.931. The first-order valence-electron chi connectivity index (χ1n) is 11.2. The molecule has 0 aromatic carbocycles. The predicted molar refractivity (Wildman–Crippen MR) is 125 cm³/mol. The predicted octanol–water partition coefficient (Wildman–Crippen LogP) is 4.84. The van der Waals surface area contributed by atoms with Crippen LogP contribution in [0.25, 0.3) is 5.57 Å². The number of carbonyl (C=O) groups excluding carboxylic acids is 2. The van der Waals surface area contributed by atoms with Gasteiger partial charge in [-0.1, -0.05) is 25.5 Å². The second-order valence-electron chi connectivity index (χ2n) is 8.88. The first kappa shape index (κ1) is 25.4. The third-order valence-electron chi connectivity index (χ3n) is 5.16. The lowest BCUT2D eigenvalue weighted by Crippen LogP contribution is -2.43. The Balaban J connectivity index is 2.07. The third-order valence-corrected chi connectivity index (χ3v) is 5.16. The Hall–Kier alpha value is -2.90. The molecule has 176 valence electrons. The fourth-order valence-electron chi connectivity index (χ4n) is 3.77. The molecule has 2 atom stereocenters. The molecule has 2 rings (SSSR count). The van der Waals surface area contributed by atoms with Gasteiger partial charge in [0.1, 0.15) is 23.5 Å². The number of anilines is 1. The number of hydrogen-bond donors (Lipinski definition) is 2. The van der Waals surface area contributed by atoms with Gasteiger partial charge in [-0.3, -0.25) is 4.79 Å². The molecule has 32 heavy (non-hydrogen) atoms. The largest absolute Gasteiger partial charge is 0.500 e. The molecular weight excluding hydrogens is 408 g/mol. The van der Waals surface area contributed by atoms with Gasteiger partial charge in [-0.15, -0.1) is 0 Å². The molecule has 1 saturated carbocycles. The Kier molecular flexibility index (Phi) is 9.23. The summed E-state index contributed by atoms with van der Waals surface area (Å²) in [5, 5.41) is 5.81. The molecule has 1 fully saturated rings. The minimum atomic E-state index is -0.555. The molecule has 1 aliphatic rings. The molecule has 2 unspecified atom stereocenters. The highest BCUT2D eigenvalue weighted by molar-refractivity contribution is 5.92. The van der Waals surface area contributed by atoms with Crippen molar-refractivity contribution in [3.05, 3.63) is 36.0 Å². The summed E-state index contributed by atoms with van der Waals surface area (Å²) in [5.41, 5.74) is 0.982. The summed E-state index contributed by atoms with van der Waals surface area (Å²) < 4.78 is 10.8. The van der Waals surface area contributed by atoms with E-state index in [0.717, 1.165) is 37.0 Å². The number of nitrogens with zero attached hydrogens (tertiary/aromatic N) is 2. The fraction of sp³-hybridized carbons (Fsp3) is 0.583. The highest BCUT2D eigenvalue weighted by Gasteiger charge is 2.29. The smallest absolute Gasteiger partial charge is 0.407 e. The van der Waals surface area contributed by atoms with Crippen molar-refractivity contribution in [2.24, 2.45) is 5.92 Å². The van der Waals surface area contributed by atoms with Gasteiger partial charge in [0.25, 0.3) is 0 Å². The van der Waals surface area contributed by atoms with E-state index in [1.54, 1.807) is 13.2 Å². The molecule has 8 heteroatoms. The van der Waals surface area contributed by atoms with Gasteiger partial charge in [-0.2, -0.15) is 0 Å². The molecule has 2 amide bonds. The van der Waals surface area contributed by atoms with Crippen molar-refractivity contribution in [3.63, 3.8) is 0 Å². The van der Waals surface area contributed by atoms with E-state index >= 15 is 0 Å². The van der Waals surface area contributed by atoms with Crippen LogP contribution in [-0.2, 0) is 14.3 Å². The third kappa shape index (κ3) is 7.66. The number of ether oxygens (including phenoxy) is 2. The first-order chi connectivity index (χ1) is 15.2. The number of nitrogens with one attached hydrogen (secondary N) is 2. The van der Waals surface area contributed by atoms with Crippen LogP contribution in [0.2, 0.25) is 0 Å². The standard InChI is InChI=1S/C24H36N4O4/c1-7-10-18(20(8-2)31-6)19-14-21(26-15-25-19)28-22(29)16-11-9-12-17(13-16)27-23(30)32-24(3,4)5/h7,10,14-17H,8-9,11-13H2,1-6H3,(H,27,30)(H,25,26,28,29)/b10-7-,20-18-. The van der Waals surface area contributed by atoms with Crippen molar-refractivity contribution in [1.82, 2.24) is 15.3 Å². The lowest BCUT2D eigenvalue weighted by Gasteiger charge is -2.30. The zero-order valence-corrected chi connectivity index (χ0v) is 20.0. The summed E-state index contributed by atoms with van der Waals surface area (Å²) in [6.45, 7) is 9.42. The molecule has 0 radical (unpaired) electrons. The maximum atomic E-state index is 12.9. The Labute approximate surface area is 190 Å². The van der Waals surface area contributed by atoms with E-state index in [1.807, 2.05) is 46.8 Å². The molecule has 1 aromatic rings. The summed E-state index contributed by atoms with van der Waals surface area (Å²) >= 11 is 0. The maximum Gasteiger partial charge on any atom is 0.407 e. The molecule has 1 aliphatic carbocycles. The van der Waals surface area contributed by atoms with Gasteiger partial charge >= 0.3 is 6.09 Å². The zero-order chi connectivity index (χ0) is 23.7. The highest BCUT2D eigenvalue weighted by Crippen LogP contribution is 2.27. The molecule has 0 spiro atoms. The van der Waals surface area contributed by atoms with Crippen LogP contribution < -0.4 is 10.6 Å². The van der Waals surface area contributed by atoms with E-state index in [9.17, 15) is 9.59 Å². The number of carbonyl (C=O) groups is 2. The molecule has 2 N–H and O–H groups in total. The quantitative estimate of drug-likeness (QED) is 0.461. The van der Waals surface area contributed by atoms with Crippen molar-refractivity contribution in [2.75, 3.05) is 12.4 Å². The average molecular weight is 445 g/mol. The van der Waals surface area contributed by atoms with Crippen molar-refractivity contribution < 1.29 is 19.1 Å². The molecule has 8 nitrogen and oxygen atoms in total. The second-order valence-corrected chi connectivity index (χ2v) is 8.88. The van der Waals surface area contributed by atoms with Crippen LogP contribution in [0, 0.1) is 5.92 Å². The Morgan fingerprint density at radius 1 is 1.25 bits per heavy atom.